The van der Waals surface area contributed by atoms with Gasteiger partial charge in [0.1, 0.15) is 5.52 Å². The zero-order chi connectivity index (χ0) is 10.8. The summed E-state index contributed by atoms with van der Waals surface area (Å²) in [4.78, 5) is 4.01. The molecule has 1 N–H and O–H groups in total. The van der Waals surface area contributed by atoms with Crippen molar-refractivity contribution in [1.29, 1.82) is 0 Å². The number of benzene rings is 1. The second kappa shape index (κ2) is 3.84. The van der Waals surface area contributed by atoms with Crippen molar-refractivity contribution in [3.05, 3.63) is 23.8 Å². The van der Waals surface area contributed by atoms with Crippen LogP contribution in [-0.4, -0.2) is 18.0 Å². The van der Waals surface area contributed by atoms with Gasteiger partial charge in [-0.3, -0.25) is 0 Å². The summed E-state index contributed by atoms with van der Waals surface area (Å²) in [5.74, 6) is 0. The van der Waals surface area contributed by atoms with Crippen molar-refractivity contribution in [2.75, 3.05) is 11.9 Å². The number of alkyl halides is 2. The number of hydrogen-bond acceptors (Lipinski definition) is 3. The van der Waals surface area contributed by atoms with E-state index in [1.54, 1.807) is 6.07 Å². The fourth-order valence-electron chi connectivity index (χ4n) is 1.27. The molecule has 15 heavy (non-hydrogen) atoms. The molecule has 1 aromatic heterocycles. The second-order valence-corrected chi connectivity index (χ2v) is 3.26. The smallest absolute Gasteiger partial charge is 0.295 e. The highest BCUT2D eigenvalue weighted by Crippen LogP contribution is 2.19. The molecule has 0 aliphatic heterocycles. The molecule has 5 heteroatoms. The van der Waals surface area contributed by atoms with Crippen LogP contribution >= 0.6 is 0 Å². The van der Waals surface area contributed by atoms with Gasteiger partial charge in [-0.25, -0.2) is 8.78 Å². The molecule has 0 aliphatic carbocycles. The van der Waals surface area contributed by atoms with Crippen molar-refractivity contribution in [1.82, 2.24) is 4.98 Å². The van der Waals surface area contributed by atoms with Gasteiger partial charge in [0.25, 0.3) is 12.4 Å². The lowest BCUT2D eigenvalue weighted by atomic mass is 10.2. The normalized spacial score (nSPS) is 11.2. The van der Waals surface area contributed by atoms with Gasteiger partial charge in [0.15, 0.2) is 5.58 Å². The van der Waals surface area contributed by atoms with Crippen molar-refractivity contribution in [3.63, 3.8) is 0 Å². The van der Waals surface area contributed by atoms with E-state index in [0.717, 1.165) is 5.56 Å². The van der Waals surface area contributed by atoms with Crippen molar-refractivity contribution in [2.24, 2.45) is 0 Å². The van der Waals surface area contributed by atoms with E-state index in [-0.39, 0.29) is 6.01 Å². The molecule has 0 atom stereocenters. The summed E-state index contributed by atoms with van der Waals surface area (Å²) in [6.45, 7) is 1.47. The topological polar surface area (TPSA) is 38.1 Å². The highest BCUT2D eigenvalue weighted by atomic mass is 19.3. The van der Waals surface area contributed by atoms with E-state index in [4.69, 9.17) is 4.42 Å². The van der Waals surface area contributed by atoms with E-state index in [0.29, 0.717) is 11.1 Å². The number of fused-ring (bicyclic) bond motifs is 1. The molecule has 0 bridgehead atoms. The minimum absolute atomic E-state index is 0.135. The van der Waals surface area contributed by atoms with Gasteiger partial charge in [0.2, 0.25) is 0 Å². The zero-order valence-corrected chi connectivity index (χ0v) is 8.13. The lowest BCUT2D eigenvalue weighted by Gasteiger charge is -1.97. The molecule has 0 spiro atoms. The third-order valence-electron chi connectivity index (χ3n) is 1.95. The zero-order valence-electron chi connectivity index (χ0n) is 8.13. The molecular weight excluding hydrogens is 202 g/mol. The quantitative estimate of drug-likeness (QED) is 0.850. The minimum atomic E-state index is -2.42. The van der Waals surface area contributed by atoms with Crippen molar-refractivity contribution in [2.45, 2.75) is 13.3 Å². The van der Waals surface area contributed by atoms with E-state index < -0.39 is 13.0 Å². The molecule has 1 heterocycles. The summed E-state index contributed by atoms with van der Waals surface area (Å²) in [5, 5.41) is 2.43. The molecule has 0 unspecified atom stereocenters. The predicted molar refractivity (Wildman–Crippen MR) is 53.2 cm³/mol. The van der Waals surface area contributed by atoms with Crippen molar-refractivity contribution < 1.29 is 13.2 Å². The number of rotatable bonds is 3. The van der Waals surface area contributed by atoms with E-state index in [2.05, 4.69) is 10.3 Å². The molecule has 0 radical (unpaired) electrons. The van der Waals surface area contributed by atoms with Gasteiger partial charge >= 0.3 is 0 Å². The summed E-state index contributed by atoms with van der Waals surface area (Å²) >= 11 is 0. The average molecular weight is 212 g/mol. The van der Waals surface area contributed by atoms with Crippen molar-refractivity contribution in [3.8, 4) is 0 Å². The van der Waals surface area contributed by atoms with Crippen LogP contribution in [0.15, 0.2) is 22.6 Å². The van der Waals surface area contributed by atoms with Crippen LogP contribution in [0.2, 0.25) is 0 Å². The lowest BCUT2D eigenvalue weighted by molar-refractivity contribution is 0.162. The number of anilines is 1. The summed E-state index contributed by atoms with van der Waals surface area (Å²) in [6, 6.07) is 5.63. The van der Waals surface area contributed by atoms with Crippen LogP contribution in [0.3, 0.4) is 0 Å². The Kier molecular flexibility index (Phi) is 2.53. The van der Waals surface area contributed by atoms with Crippen LogP contribution in [0.4, 0.5) is 14.8 Å². The second-order valence-electron chi connectivity index (χ2n) is 3.26. The maximum atomic E-state index is 11.9. The fourth-order valence-corrected chi connectivity index (χ4v) is 1.27. The van der Waals surface area contributed by atoms with Gasteiger partial charge in [-0.2, -0.15) is 4.98 Å². The van der Waals surface area contributed by atoms with E-state index in [1.807, 2.05) is 19.1 Å². The van der Waals surface area contributed by atoms with Crippen LogP contribution < -0.4 is 5.32 Å². The summed E-state index contributed by atoms with van der Waals surface area (Å²) in [6.07, 6.45) is -2.42. The predicted octanol–water partition coefficient (Wildman–Crippen LogP) is 2.81. The average Bonchev–Trinajstić information content (AvgIpc) is 2.56. The maximum absolute atomic E-state index is 11.9. The number of aromatic nitrogens is 1. The Hall–Kier alpha value is -1.65. The first-order chi connectivity index (χ1) is 7.15. The number of oxazole rings is 1. The SMILES string of the molecule is Cc1ccc2nc(NCC(F)F)oc2c1. The lowest BCUT2D eigenvalue weighted by Crippen LogP contribution is -2.10. The van der Waals surface area contributed by atoms with E-state index >= 15 is 0 Å². The molecule has 2 aromatic rings. The third-order valence-corrected chi connectivity index (χ3v) is 1.95. The molecule has 0 fully saturated rings. The first-order valence-corrected chi connectivity index (χ1v) is 4.54. The maximum Gasteiger partial charge on any atom is 0.295 e. The molecule has 80 valence electrons. The number of halogens is 2. The molecule has 3 nitrogen and oxygen atoms in total. The fraction of sp³-hybridized carbons (Fsp3) is 0.300. The summed E-state index contributed by atoms with van der Waals surface area (Å²) in [7, 11) is 0. The Balaban J connectivity index is 2.23. The molecule has 1 aromatic carbocycles. The van der Waals surface area contributed by atoms with E-state index in [9.17, 15) is 8.78 Å². The first-order valence-electron chi connectivity index (χ1n) is 4.54. The molecule has 2 rings (SSSR count). The summed E-state index contributed by atoms with van der Waals surface area (Å²) in [5.41, 5.74) is 2.31. The Morgan fingerprint density at radius 1 is 1.47 bits per heavy atom. The molecular formula is C10H10F2N2O. The Bertz CT molecular complexity index is 467. The number of aryl methyl sites for hydroxylation is 1. The highest BCUT2D eigenvalue weighted by Gasteiger charge is 2.07. The molecule has 0 amide bonds. The molecule has 0 aliphatic rings. The van der Waals surface area contributed by atoms with Crippen LogP contribution in [0.25, 0.3) is 11.1 Å². The monoisotopic (exact) mass is 212 g/mol. The van der Waals surface area contributed by atoms with Crippen LogP contribution in [0, 0.1) is 6.92 Å². The van der Waals surface area contributed by atoms with Gasteiger partial charge in [0, 0.05) is 0 Å². The molecule has 0 saturated carbocycles. The number of nitrogens with zero attached hydrogens (tertiary/aromatic N) is 1. The first kappa shape index (κ1) is 9.89. The van der Waals surface area contributed by atoms with Gasteiger partial charge < -0.3 is 9.73 Å². The van der Waals surface area contributed by atoms with Crippen LogP contribution in [0.1, 0.15) is 5.56 Å². The van der Waals surface area contributed by atoms with Gasteiger partial charge in [0.05, 0.1) is 6.54 Å². The van der Waals surface area contributed by atoms with Gasteiger partial charge in [-0.1, -0.05) is 6.07 Å². The van der Waals surface area contributed by atoms with Crippen LogP contribution in [0.5, 0.6) is 0 Å². The standard InChI is InChI=1S/C10H10F2N2O/c1-6-2-3-7-8(4-6)15-10(14-7)13-5-9(11)12/h2-4,9H,5H2,1H3,(H,13,14). The Labute approximate surface area is 85.1 Å². The highest BCUT2D eigenvalue weighted by molar-refractivity contribution is 5.75. The van der Waals surface area contributed by atoms with Gasteiger partial charge in [-0.15, -0.1) is 0 Å². The summed E-state index contributed by atoms with van der Waals surface area (Å²) < 4.78 is 29.1. The molecule has 0 saturated heterocycles. The van der Waals surface area contributed by atoms with Crippen LogP contribution in [-0.2, 0) is 0 Å². The number of hydrogen-bond donors (Lipinski definition) is 1. The number of nitrogens with one attached hydrogen (secondary N) is 1. The Morgan fingerprint density at radius 3 is 3.00 bits per heavy atom. The minimum Gasteiger partial charge on any atom is -0.424 e. The largest absolute Gasteiger partial charge is 0.424 e. The third kappa shape index (κ3) is 2.23. The van der Waals surface area contributed by atoms with Crippen molar-refractivity contribution >= 4 is 17.1 Å². The van der Waals surface area contributed by atoms with Gasteiger partial charge in [-0.05, 0) is 24.6 Å². The Morgan fingerprint density at radius 2 is 2.27 bits per heavy atom. The van der Waals surface area contributed by atoms with E-state index in [1.165, 1.54) is 0 Å².